The Morgan fingerprint density at radius 2 is 1.86 bits per heavy atom. The molecule has 0 aliphatic carbocycles. The quantitative estimate of drug-likeness (QED) is 0.725. The van der Waals surface area contributed by atoms with Crippen molar-refractivity contribution in [3.05, 3.63) is 35.6 Å². The molecule has 4 nitrogen and oxygen atoms in total. The van der Waals surface area contributed by atoms with Crippen LogP contribution in [0.1, 0.15) is 5.56 Å². The summed E-state index contributed by atoms with van der Waals surface area (Å²) in [4.78, 5) is 21.3. The van der Waals surface area contributed by atoms with Gasteiger partial charge in [-0.15, -0.1) is 0 Å². The number of urea groups is 1. The number of nitrogens with one attached hydrogen (secondary N) is 1. The monoisotopic (exact) mass is 196 g/mol. The van der Waals surface area contributed by atoms with E-state index < -0.39 is 11.9 Å². The van der Waals surface area contributed by atoms with Gasteiger partial charge >= 0.3 is 6.03 Å². The fraction of sp³-hybridized carbons (Fsp3) is 0.111. The molecule has 74 valence electrons. The molecule has 0 aliphatic rings. The Hall–Kier alpha value is -1.91. The number of hydrogen-bond acceptors (Lipinski definition) is 2. The fourth-order valence-electron chi connectivity index (χ4n) is 0.969. The molecule has 5 heteroatoms. The second-order valence-electron chi connectivity index (χ2n) is 2.72. The molecule has 0 saturated carbocycles. The van der Waals surface area contributed by atoms with Crippen LogP contribution in [-0.2, 0) is 11.2 Å². The minimum absolute atomic E-state index is 0.00319. The van der Waals surface area contributed by atoms with Crippen LogP contribution in [-0.4, -0.2) is 11.9 Å². The van der Waals surface area contributed by atoms with E-state index in [1.54, 1.807) is 0 Å². The Kier molecular flexibility index (Phi) is 3.17. The van der Waals surface area contributed by atoms with Crippen molar-refractivity contribution in [3.8, 4) is 0 Å². The summed E-state index contributed by atoms with van der Waals surface area (Å²) in [6.07, 6.45) is 0.00319. The predicted molar refractivity (Wildman–Crippen MR) is 47.8 cm³/mol. The standard InChI is InChI=1S/C9H9FN2O2/c10-7-3-1-6(2-4-7)5-8(13)12-9(11)14/h1-4H,5H2,(H3,11,12,13,14). The van der Waals surface area contributed by atoms with E-state index in [1.165, 1.54) is 24.3 Å². The molecule has 0 aliphatic heterocycles. The molecule has 3 amide bonds. The molecular formula is C9H9FN2O2. The van der Waals surface area contributed by atoms with Gasteiger partial charge in [-0.3, -0.25) is 10.1 Å². The number of rotatable bonds is 2. The van der Waals surface area contributed by atoms with Gasteiger partial charge in [-0.1, -0.05) is 12.1 Å². The van der Waals surface area contributed by atoms with Crippen molar-refractivity contribution in [1.82, 2.24) is 5.32 Å². The van der Waals surface area contributed by atoms with Gasteiger partial charge in [0.05, 0.1) is 6.42 Å². The average molecular weight is 196 g/mol. The smallest absolute Gasteiger partial charge is 0.318 e. The molecule has 1 rings (SSSR count). The summed E-state index contributed by atoms with van der Waals surface area (Å²) in [6.45, 7) is 0. The van der Waals surface area contributed by atoms with Crippen LogP contribution in [0, 0.1) is 5.82 Å². The maximum atomic E-state index is 12.5. The van der Waals surface area contributed by atoms with Crippen LogP contribution in [0.3, 0.4) is 0 Å². The highest BCUT2D eigenvalue weighted by atomic mass is 19.1. The fourth-order valence-corrected chi connectivity index (χ4v) is 0.969. The first-order valence-corrected chi connectivity index (χ1v) is 3.91. The molecule has 0 fully saturated rings. The number of hydrogen-bond donors (Lipinski definition) is 2. The maximum Gasteiger partial charge on any atom is 0.318 e. The van der Waals surface area contributed by atoms with Crippen LogP contribution in [0.15, 0.2) is 24.3 Å². The number of carbonyl (C=O) groups excluding carboxylic acids is 2. The largest absolute Gasteiger partial charge is 0.351 e. The Morgan fingerprint density at radius 1 is 1.29 bits per heavy atom. The van der Waals surface area contributed by atoms with E-state index >= 15 is 0 Å². The summed E-state index contributed by atoms with van der Waals surface area (Å²) in [7, 11) is 0. The van der Waals surface area contributed by atoms with Crippen molar-refractivity contribution < 1.29 is 14.0 Å². The van der Waals surface area contributed by atoms with Gasteiger partial charge in [-0.25, -0.2) is 9.18 Å². The highest BCUT2D eigenvalue weighted by Gasteiger charge is 2.04. The van der Waals surface area contributed by atoms with Crippen LogP contribution in [0.5, 0.6) is 0 Å². The molecule has 0 bridgehead atoms. The second-order valence-corrected chi connectivity index (χ2v) is 2.72. The Bertz CT molecular complexity index is 348. The summed E-state index contributed by atoms with van der Waals surface area (Å²) in [5.41, 5.74) is 5.36. The van der Waals surface area contributed by atoms with Crippen LogP contribution in [0.4, 0.5) is 9.18 Å². The molecular weight excluding hydrogens is 187 g/mol. The zero-order chi connectivity index (χ0) is 10.6. The first-order chi connectivity index (χ1) is 6.58. The molecule has 3 N–H and O–H groups in total. The SMILES string of the molecule is NC(=O)NC(=O)Cc1ccc(F)cc1. The van der Waals surface area contributed by atoms with Crippen molar-refractivity contribution in [1.29, 1.82) is 0 Å². The van der Waals surface area contributed by atoms with Gasteiger partial charge in [0.15, 0.2) is 0 Å². The molecule has 0 unspecified atom stereocenters. The first kappa shape index (κ1) is 10.2. The van der Waals surface area contributed by atoms with E-state index in [0.29, 0.717) is 5.56 Å². The van der Waals surface area contributed by atoms with Crippen molar-refractivity contribution in [2.45, 2.75) is 6.42 Å². The van der Waals surface area contributed by atoms with E-state index in [1.807, 2.05) is 5.32 Å². The van der Waals surface area contributed by atoms with E-state index in [0.717, 1.165) is 0 Å². The van der Waals surface area contributed by atoms with Gasteiger partial charge in [0.25, 0.3) is 0 Å². The molecule has 1 aromatic carbocycles. The van der Waals surface area contributed by atoms with Crippen molar-refractivity contribution >= 4 is 11.9 Å². The average Bonchev–Trinajstić information content (AvgIpc) is 2.07. The summed E-state index contributed by atoms with van der Waals surface area (Å²) >= 11 is 0. The number of benzene rings is 1. The molecule has 0 aromatic heterocycles. The summed E-state index contributed by atoms with van der Waals surface area (Å²) < 4.78 is 12.5. The zero-order valence-corrected chi connectivity index (χ0v) is 7.29. The molecule has 0 saturated heterocycles. The van der Waals surface area contributed by atoms with Crippen molar-refractivity contribution in [2.24, 2.45) is 5.73 Å². The Labute approximate surface area is 79.9 Å². The lowest BCUT2D eigenvalue weighted by Gasteiger charge is -2.00. The van der Waals surface area contributed by atoms with Gasteiger partial charge in [0, 0.05) is 0 Å². The predicted octanol–water partition coefficient (Wildman–Crippen LogP) is 0.563. The normalized spacial score (nSPS) is 9.50. The molecule has 0 atom stereocenters. The van der Waals surface area contributed by atoms with Gasteiger partial charge in [0.1, 0.15) is 5.82 Å². The highest BCUT2D eigenvalue weighted by molar-refractivity contribution is 5.94. The van der Waals surface area contributed by atoms with E-state index in [-0.39, 0.29) is 12.2 Å². The lowest BCUT2D eigenvalue weighted by Crippen LogP contribution is -2.35. The number of amides is 3. The summed E-state index contributed by atoms with van der Waals surface area (Å²) in [5, 5.41) is 1.91. The lowest BCUT2D eigenvalue weighted by atomic mass is 10.1. The number of halogens is 1. The molecule has 0 radical (unpaired) electrons. The highest BCUT2D eigenvalue weighted by Crippen LogP contribution is 2.03. The van der Waals surface area contributed by atoms with Gasteiger partial charge in [-0.05, 0) is 17.7 Å². The van der Waals surface area contributed by atoms with Crippen LogP contribution < -0.4 is 11.1 Å². The third-order valence-corrected chi connectivity index (χ3v) is 1.54. The molecule has 1 aromatic rings. The third-order valence-electron chi connectivity index (χ3n) is 1.54. The number of primary amides is 1. The third kappa shape index (κ3) is 3.22. The molecule has 0 spiro atoms. The zero-order valence-electron chi connectivity index (χ0n) is 7.29. The number of carbonyl (C=O) groups is 2. The molecule has 14 heavy (non-hydrogen) atoms. The Balaban J connectivity index is 2.56. The minimum Gasteiger partial charge on any atom is -0.351 e. The van der Waals surface area contributed by atoms with Crippen molar-refractivity contribution in [2.75, 3.05) is 0 Å². The van der Waals surface area contributed by atoms with Gasteiger partial charge in [-0.2, -0.15) is 0 Å². The second kappa shape index (κ2) is 4.36. The summed E-state index contributed by atoms with van der Waals surface area (Å²) in [6, 6.07) is 4.53. The summed E-state index contributed by atoms with van der Waals surface area (Å²) in [5.74, 6) is -0.881. The van der Waals surface area contributed by atoms with E-state index in [2.05, 4.69) is 0 Å². The van der Waals surface area contributed by atoms with Crippen molar-refractivity contribution in [3.63, 3.8) is 0 Å². The van der Waals surface area contributed by atoms with Gasteiger partial charge < -0.3 is 5.73 Å². The first-order valence-electron chi connectivity index (χ1n) is 3.91. The molecule has 0 heterocycles. The lowest BCUT2D eigenvalue weighted by molar-refractivity contribution is -0.119. The number of nitrogens with two attached hydrogens (primary N) is 1. The number of imide groups is 1. The van der Waals surface area contributed by atoms with E-state index in [4.69, 9.17) is 5.73 Å². The maximum absolute atomic E-state index is 12.5. The van der Waals surface area contributed by atoms with Crippen LogP contribution >= 0.6 is 0 Å². The van der Waals surface area contributed by atoms with Crippen LogP contribution in [0.25, 0.3) is 0 Å². The minimum atomic E-state index is -0.892. The Morgan fingerprint density at radius 3 is 2.36 bits per heavy atom. The van der Waals surface area contributed by atoms with Crippen LogP contribution in [0.2, 0.25) is 0 Å². The van der Waals surface area contributed by atoms with Gasteiger partial charge in [0.2, 0.25) is 5.91 Å². The van der Waals surface area contributed by atoms with E-state index in [9.17, 15) is 14.0 Å². The topological polar surface area (TPSA) is 72.2 Å².